The highest BCUT2D eigenvalue weighted by Crippen LogP contribution is 2.30. The Morgan fingerprint density at radius 3 is 2.67 bits per heavy atom. The molecule has 1 atom stereocenters. The third kappa shape index (κ3) is 0.580. The molecule has 0 aliphatic carbocycles. The fraction of sp³-hybridized carbons (Fsp3) is 0.833. The van der Waals surface area contributed by atoms with Crippen molar-refractivity contribution in [1.29, 1.82) is 0 Å². The normalized spacial score (nSPS) is 40.6. The Labute approximate surface area is 53.8 Å². The molecule has 2 rings (SSSR count). The zero-order valence-corrected chi connectivity index (χ0v) is 5.26. The van der Waals surface area contributed by atoms with Gasteiger partial charge in [-0.25, -0.2) is 0 Å². The number of nitrogens with two attached hydrogens (primary N) is 1. The minimum atomic E-state index is -0.142. The predicted molar refractivity (Wildman–Crippen MR) is 32.7 cm³/mol. The van der Waals surface area contributed by atoms with Crippen LogP contribution in [0.2, 0.25) is 0 Å². The summed E-state index contributed by atoms with van der Waals surface area (Å²) in [6, 6.07) is 0. The smallest absolute Gasteiger partial charge is 0.224 e. The van der Waals surface area contributed by atoms with Gasteiger partial charge in [0.25, 0.3) is 0 Å². The van der Waals surface area contributed by atoms with Gasteiger partial charge in [0.05, 0.1) is 0 Å². The lowest BCUT2D eigenvalue weighted by Crippen LogP contribution is -2.38. The van der Waals surface area contributed by atoms with Crippen LogP contribution in [0.4, 0.5) is 0 Å². The van der Waals surface area contributed by atoms with Crippen LogP contribution in [0.1, 0.15) is 12.8 Å². The number of carbonyl (C=O) groups excluding carboxylic acids is 1. The minimum absolute atomic E-state index is 0.142. The molecule has 3 nitrogen and oxygen atoms in total. The first-order valence-corrected chi connectivity index (χ1v) is 3.26. The Balaban J connectivity index is 2.28. The van der Waals surface area contributed by atoms with Gasteiger partial charge in [0.1, 0.15) is 0 Å². The van der Waals surface area contributed by atoms with Gasteiger partial charge in [0.15, 0.2) is 0 Å². The summed E-state index contributed by atoms with van der Waals surface area (Å²) in [5, 5.41) is 0. The highest BCUT2D eigenvalue weighted by molar-refractivity contribution is 5.81. The third-order valence-corrected chi connectivity index (χ3v) is 2.24. The van der Waals surface area contributed by atoms with Crippen molar-refractivity contribution < 1.29 is 4.79 Å². The number of piperidine rings is 1. The summed E-state index contributed by atoms with van der Waals surface area (Å²) in [4.78, 5) is 12.7. The van der Waals surface area contributed by atoms with E-state index in [1.54, 1.807) is 0 Å². The number of fused-ring (bicyclic) bond motifs is 2. The Bertz CT molecular complexity index is 168. The average molecular weight is 126 g/mol. The summed E-state index contributed by atoms with van der Waals surface area (Å²) in [5.41, 5.74) is 5.69. The van der Waals surface area contributed by atoms with Crippen LogP contribution in [0.5, 0.6) is 0 Å². The Morgan fingerprint density at radius 2 is 2.44 bits per heavy atom. The molecule has 0 aromatic carbocycles. The van der Waals surface area contributed by atoms with Gasteiger partial charge in [-0.2, -0.15) is 0 Å². The van der Waals surface area contributed by atoms with Crippen molar-refractivity contribution in [3.05, 3.63) is 0 Å². The largest absolute Gasteiger partial charge is 0.341 e. The number of hydrogen-bond acceptors (Lipinski definition) is 2. The summed E-state index contributed by atoms with van der Waals surface area (Å²) in [7, 11) is 0. The fourth-order valence-corrected chi connectivity index (χ4v) is 1.67. The molecule has 1 amide bonds. The number of carbonyl (C=O) groups is 1. The zero-order chi connectivity index (χ0) is 6.48. The summed E-state index contributed by atoms with van der Waals surface area (Å²) in [6.07, 6.45) is 1.58. The first-order valence-electron chi connectivity index (χ1n) is 3.26. The number of nitrogens with zero attached hydrogens (tertiary/aromatic N) is 1. The second-order valence-electron chi connectivity index (χ2n) is 3.10. The lowest BCUT2D eigenvalue weighted by Gasteiger charge is -2.16. The Hall–Kier alpha value is -0.570. The van der Waals surface area contributed by atoms with E-state index in [1.165, 1.54) is 0 Å². The standard InChI is InChI=1S/C6H10N2O/c7-6-1-2-8(4-6)5(9)3-6/h1-4,7H2. The van der Waals surface area contributed by atoms with E-state index in [0.29, 0.717) is 6.42 Å². The molecule has 2 N–H and O–H groups in total. The molecule has 0 radical (unpaired) electrons. The van der Waals surface area contributed by atoms with E-state index >= 15 is 0 Å². The monoisotopic (exact) mass is 126 g/mol. The van der Waals surface area contributed by atoms with Crippen LogP contribution in [-0.4, -0.2) is 29.4 Å². The zero-order valence-electron chi connectivity index (χ0n) is 5.26. The molecule has 2 saturated heterocycles. The molecule has 0 aromatic rings. The molecule has 0 aromatic heterocycles. The first kappa shape index (κ1) is 5.23. The summed E-state index contributed by atoms with van der Waals surface area (Å²) in [5.74, 6) is 0.240. The molecule has 0 saturated carbocycles. The van der Waals surface area contributed by atoms with E-state index in [9.17, 15) is 4.79 Å². The molecule has 2 aliphatic heterocycles. The van der Waals surface area contributed by atoms with Crippen LogP contribution >= 0.6 is 0 Å². The molecule has 2 fully saturated rings. The second-order valence-corrected chi connectivity index (χ2v) is 3.10. The molecule has 2 heterocycles. The average Bonchev–Trinajstić information content (AvgIpc) is 2.20. The van der Waals surface area contributed by atoms with Gasteiger partial charge in [0, 0.05) is 25.0 Å². The number of amides is 1. The SMILES string of the molecule is NC12CCN(C1)C(=O)C2. The molecular weight excluding hydrogens is 116 g/mol. The first-order chi connectivity index (χ1) is 4.20. The Morgan fingerprint density at radius 1 is 1.67 bits per heavy atom. The second kappa shape index (κ2) is 1.29. The van der Waals surface area contributed by atoms with Crippen molar-refractivity contribution in [3.8, 4) is 0 Å². The maximum atomic E-state index is 10.9. The van der Waals surface area contributed by atoms with Gasteiger partial charge >= 0.3 is 0 Å². The van der Waals surface area contributed by atoms with Gasteiger partial charge in [-0.05, 0) is 6.42 Å². The van der Waals surface area contributed by atoms with Gasteiger partial charge in [0.2, 0.25) is 5.91 Å². The van der Waals surface area contributed by atoms with Gasteiger partial charge in [-0.1, -0.05) is 0 Å². The lowest BCUT2D eigenvalue weighted by molar-refractivity contribution is -0.128. The third-order valence-electron chi connectivity index (χ3n) is 2.24. The van der Waals surface area contributed by atoms with Crippen molar-refractivity contribution >= 4 is 5.91 Å². The van der Waals surface area contributed by atoms with Crippen LogP contribution < -0.4 is 5.73 Å². The molecule has 9 heavy (non-hydrogen) atoms. The maximum absolute atomic E-state index is 10.9. The van der Waals surface area contributed by atoms with Gasteiger partial charge in [-0.3, -0.25) is 4.79 Å². The molecule has 2 bridgehead atoms. The van der Waals surface area contributed by atoms with Crippen LogP contribution in [-0.2, 0) is 4.79 Å². The topological polar surface area (TPSA) is 46.3 Å². The van der Waals surface area contributed by atoms with E-state index in [-0.39, 0.29) is 11.4 Å². The lowest BCUT2D eigenvalue weighted by atomic mass is 9.97. The molecule has 1 unspecified atom stereocenters. The highest BCUT2D eigenvalue weighted by atomic mass is 16.2. The summed E-state index contributed by atoms with van der Waals surface area (Å²) in [6.45, 7) is 1.68. The predicted octanol–water partition coefficient (Wildman–Crippen LogP) is -0.680. The molecule has 50 valence electrons. The van der Waals surface area contributed by atoms with Crippen molar-refractivity contribution in [2.24, 2.45) is 5.73 Å². The van der Waals surface area contributed by atoms with E-state index in [1.807, 2.05) is 4.90 Å². The van der Waals surface area contributed by atoms with Crippen LogP contribution in [0.3, 0.4) is 0 Å². The molecule has 3 heteroatoms. The highest BCUT2D eigenvalue weighted by Gasteiger charge is 2.45. The van der Waals surface area contributed by atoms with Gasteiger partial charge in [-0.15, -0.1) is 0 Å². The van der Waals surface area contributed by atoms with Crippen LogP contribution in [0, 0.1) is 0 Å². The fourth-order valence-electron chi connectivity index (χ4n) is 1.67. The minimum Gasteiger partial charge on any atom is -0.341 e. The molecule has 0 spiro atoms. The van der Waals surface area contributed by atoms with Crippen LogP contribution in [0.15, 0.2) is 0 Å². The van der Waals surface area contributed by atoms with E-state index in [4.69, 9.17) is 5.73 Å². The quantitative estimate of drug-likeness (QED) is 0.467. The summed E-state index contributed by atoms with van der Waals surface area (Å²) < 4.78 is 0. The van der Waals surface area contributed by atoms with Gasteiger partial charge < -0.3 is 10.6 Å². The number of hydrogen-bond donors (Lipinski definition) is 1. The van der Waals surface area contributed by atoms with E-state index in [0.717, 1.165) is 19.5 Å². The van der Waals surface area contributed by atoms with Crippen molar-refractivity contribution in [3.63, 3.8) is 0 Å². The van der Waals surface area contributed by atoms with E-state index < -0.39 is 0 Å². The number of rotatable bonds is 0. The van der Waals surface area contributed by atoms with Crippen molar-refractivity contribution in [2.45, 2.75) is 18.4 Å². The Kier molecular flexibility index (Phi) is 0.750. The molecular formula is C6H10N2O. The molecule has 2 aliphatic rings. The van der Waals surface area contributed by atoms with Crippen molar-refractivity contribution in [1.82, 2.24) is 4.90 Å². The van der Waals surface area contributed by atoms with Crippen molar-refractivity contribution in [2.75, 3.05) is 13.1 Å². The summed E-state index contributed by atoms with van der Waals surface area (Å²) >= 11 is 0. The maximum Gasteiger partial charge on any atom is 0.224 e. The van der Waals surface area contributed by atoms with E-state index in [2.05, 4.69) is 0 Å². The van der Waals surface area contributed by atoms with Crippen LogP contribution in [0.25, 0.3) is 0 Å².